The van der Waals surface area contributed by atoms with Crippen LogP contribution in [-0.2, 0) is 21.9 Å². The van der Waals surface area contributed by atoms with E-state index in [0.29, 0.717) is 22.0 Å². The molecule has 30 heavy (non-hydrogen) atoms. The van der Waals surface area contributed by atoms with Crippen LogP contribution in [0.3, 0.4) is 0 Å². The fourth-order valence-electron chi connectivity index (χ4n) is 3.04. The lowest BCUT2D eigenvalue weighted by atomic mass is 10.1. The molecule has 0 unspecified atom stereocenters. The summed E-state index contributed by atoms with van der Waals surface area (Å²) in [5.74, 6) is 0.207. The largest absolute Gasteiger partial charge is 0.468 e. The second-order valence-electron chi connectivity index (χ2n) is 6.43. The smallest absolute Gasteiger partial charge is 0.269 e. The molecule has 0 bridgehead atoms. The molecule has 4 rings (SSSR count). The van der Waals surface area contributed by atoms with Crippen molar-refractivity contribution in [3.63, 3.8) is 0 Å². The van der Waals surface area contributed by atoms with E-state index in [1.165, 1.54) is 40.9 Å². The maximum atomic E-state index is 13.2. The van der Waals surface area contributed by atoms with Crippen LogP contribution in [-0.4, -0.2) is 26.6 Å². The summed E-state index contributed by atoms with van der Waals surface area (Å²) in [4.78, 5) is 42.1. The van der Waals surface area contributed by atoms with Crippen molar-refractivity contribution in [3.05, 3.63) is 99.1 Å². The van der Waals surface area contributed by atoms with Gasteiger partial charge in [0.25, 0.3) is 17.5 Å². The number of rotatable bonds is 7. The van der Waals surface area contributed by atoms with Crippen molar-refractivity contribution in [1.82, 2.24) is 9.88 Å². The molecular weight excluding hydrogens is 406 g/mol. The molecule has 0 spiro atoms. The monoisotopic (exact) mass is 421 g/mol. The Bertz CT molecular complexity index is 1130. The second-order valence-corrected chi connectivity index (χ2v) is 7.41. The quantitative estimate of drug-likeness (QED) is 0.324. The third kappa shape index (κ3) is 3.87. The van der Waals surface area contributed by atoms with Crippen LogP contribution in [0.25, 0.3) is 5.57 Å². The van der Waals surface area contributed by atoms with Gasteiger partial charge in [-0.1, -0.05) is 0 Å². The van der Waals surface area contributed by atoms with Gasteiger partial charge >= 0.3 is 0 Å². The number of amides is 2. The SMILES string of the molecule is O=C1C(SCc2ccco2)=C(c2ccc([N+](=O)[O-])cc2)C(=O)N1Cc1ccncc1. The Morgan fingerprint density at radius 2 is 1.77 bits per heavy atom. The van der Waals surface area contributed by atoms with Gasteiger partial charge in [0.2, 0.25) is 0 Å². The number of nitro groups is 1. The number of nitro benzene ring substituents is 1. The number of carbonyl (C=O) groups excluding carboxylic acids is 2. The first kappa shape index (κ1) is 19.6. The molecule has 0 saturated heterocycles. The Labute approximate surface area is 175 Å². The third-order valence-electron chi connectivity index (χ3n) is 4.52. The molecule has 1 aromatic carbocycles. The molecule has 0 saturated carbocycles. The summed E-state index contributed by atoms with van der Waals surface area (Å²) in [6.45, 7) is 0.113. The Hall–Kier alpha value is -3.72. The topological polar surface area (TPSA) is 107 Å². The number of pyridine rings is 1. The fraction of sp³-hybridized carbons (Fsp3) is 0.0952. The predicted octanol–water partition coefficient (Wildman–Crippen LogP) is 3.80. The van der Waals surface area contributed by atoms with Gasteiger partial charge in [-0.25, -0.2) is 0 Å². The lowest BCUT2D eigenvalue weighted by Gasteiger charge is -2.15. The van der Waals surface area contributed by atoms with Gasteiger partial charge in [0.15, 0.2) is 0 Å². The van der Waals surface area contributed by atoms with E-state index in [0.717, 1.165) is 5.56 Å². The van der Waals surface area contributed by atoms with Gasteiger partial charge in [0.1, 0.15) is 5.76 Å². The first-order chi connectivity index (χ1) is 14.5. The average Bonchev–Trinajstić information content (AvgIpc) is 3.35. The number of nitrogens with zero attached hydrogens (tertiary/aromatic N) is 3. The van der Waals surface area contributed by atoms with Gasteiger partial charge in [-0.05, 0) is 47.5 Å². The third-order valence-corrected chi connectivity index (χ3v) is 5.62. The van der Waals surface area contributed by atoms with Gasteiger partial charge in [-0.2, -0.15) is 0 Å². The number of carbonyl (C=O) groups is 2. The van der Waals surface area contributed by atoms with E-state index < -0.39 is 16.7 Å². The number of thioether (sulfide) groups is 1. The van der Waals surface area contributed by atoms with Crippen molar-refractivity contribution < 1.29 is 18.9 Å². The fourth-order valence-corrected chi connectivity index (χ4v) is 4.08. The number of imide groups is 1. The van der Waals surface area contributed by atoms with Crippen LogP contribution in [0.2, 0.25) is 0 Å². The van der Waals surface area contributed by atoms with Crippen molar-refractivity contribution in [3.8, 4) is 0 Å². The van der Waals surface area contributed by atoms with Gasteiger partial charge in [0, 0.05) is 24.5 Å². The molecule has 0 radical (unpaired) electrons. The summed E-state index contributed by atoms with van der Waals surface area (Å²) in [7, 11) is 0. The molecule has 8 nitrogen and oxygen atoms in total. The molecule has 3 heterocycles. The number of aromatic nitrogens is 1. The lowest BCUT2D eigenvalue weighted by molar-refractivity contribution is -0.384. The molecule has 1 aliphatic rings. The Morgan fingerprint density at radius 1 is 1.03 bits per heavy atom. The second kappa shape index (κ2) is 8.34. The molecule has 150 valence electrons. The van der Waals surface area contributed by atoms with Crippen LogP contribution in [0, 0.1) is 10.1 Å². The predicted molar refractivity (Wildman–Crippen MR) is 110 cm³/mol. The highest BCUT2D eigenvalue weighted by atomic mass is 32.2. The summed E-state index contributed by atoms with van der Waals surface area (Å²) >= 11 is 1.21. The summed E-state index contributed by atoms with van der Waals surface area (Å²) in [6, 6.07) is 12.6. The maximum Gasteiger partial charge on any atom is 0.269 e. The average molecular weight is 421 g/mol. The van der Waals surface area contributed by atoms with Crippen LogP contribution in [0.4, 0.5) is 5.69 Å². The highest BCUT2D eigenvalue weighted by molar-refractivity contribution is 8.03. The van der Waals surface area contributed by atoms with Gasteiger partial charge in [-0.15, -0.1) is 11.8 Å². The summed E-state index contributed by atoms with van der Waals surface area (Å²) in [6.07, 6.45) is 4.73. The molecule has 0 aliphatic carbocycles. The van der Waals surface area contributed by atoms with Crippen molar-refractivity contribution in [1.29, 1.82) is 0 Å². The van der Waals surface area contributed by atoms with Crippen LogP contribution in [0.15, 0.2) is 76.5 Å². The maximum absolute atomic E-state index is 13.2. The normalized spacial score (nSPS) is 13.9. The van der Waals surface area contributed by atoms with E-state index in [2.05, 4.69) is 4.98 Å². The highest BCUT2D eigenvalue weighted by Gasteiger charge is 2.39. The minimum atomic E-state index is -0.512. The summed E-state index contributed by atoms with van der Waals surface area (Å²) in [5.41, 5.74) is 1.38. The molecular formula is C21H15N3O5S. The van der Waals surface area contributed by atoms with E-state index >= 15 is 0 Å². The summed E-state index contributed by atoms with van der Waals surface area (Å²) in [5, 5.41) is 10.9. The van der Waals surface area contributed by atoms with Gasteiger partial charge in [-0.3, -0.25) is 29.6 Å². The van der Waals surface area contributed by atoms with Crippen LogP contribution in [0.5, 0.6) is 0 Å². The van der Waals surface area contributed by atoms with E-state index in [4.69, 9.17) is 4.42 Å². The van der Waals surface area contributed by atoms with E-state index in [9.17, 15) is 19.7 Å². The molecule has 0 fully saturated rings. The van der Waals surface area contributed by atoms with E-state index in [1.54, 1.807) is 42.9 Å². The number of hydrogen-bond donors (Lipinski definition) is 0. The highest BCUT2D eigenvalue weighted by Crippen LogP contribution is 2.38. The molecule has 0 atom stereocenters. The zero-order valence-corrected chi connectivity index (χ0v) is 16.4. The van der Waals surface area contributed by atoms with Crippen molar-refractivity contribution in [2.45, 2.75) is 12.3 Å². The first-order valence-corrected chi connectivity index (χ1v) is 9.92. The molecule has 0 N–H and O–H groups in total. The van der Waals surface area contributed by atoms with Crippen molar-refractivity contribution in [2.24, 2.45) is 0 Å². The standard InChI is InChI=1S/C21H15N3O5S/c25-20-18(15-3-5-16(6-4-15)24(27)28)19(30-13-17-2-1-11-29-17)21(26)23(20)12-14-7-9-22-10-8-14/h1-11H,12-13H2. The van der Waals surface area contributed by atoms with Gasteiger partial charge < -0.3 is 4.42 Å². The summed E-state index contributed by atoms with van der Waals surface area (Å²) < 4.78 is 5.33. The molecule has 3 aromatic rings. The Balaban J connectivity index is 1.68. The van der Waals surface area contributed by atoms with Gasteiger partial charge in [0.05, 0.1) is 34.0 Å². The number of non-ortho nitro benzene ring substituents is 1. The van der Waals surface area contributed by atoms with Crippen LogP contribution in [0.1, 0.15) is 16.9 Å². The minimum absolute atomic E-state index is 0.0884. The van der Waals surface area contributed by atoms with Crippen molar-refractivity contribution in [2.75, 3.05) is 0 Å². The number of hydrogen-bond acceptors (Lipinski definition) is 7. The number of benzene rings is 1. The molecule has 1 aliphatic heterocycles. The number of furan rings is 1. The van der Waals surface area contributed by atoms with Crippen LogP contribution < -0.4 is 0 Å². The Morgan fingerprint density at radius 3 is 2.40 bits per heavy atom. The molecule has 2 amide bonds. The lowest BCUT2D eigenvalue weighted by Crippen LogP contribution is -2.30. The zero-order chi connectivity index (χ0) is 21.1. The first-order valence-electron chi connectivity index (χ1n) is 8.94. The van der Waals surface area contributed by atoms with E-state index in [1.807, 2.05) is 0 Å². The molecule has 9 heteroatoms. The van der Waals surface area contributed by atoms with Crippen LogP contribution >= 0.6 is 11.8 Å². The zero-order valence-electron chi connectivity index (χ0n) is 15.6. The Kier molecular flexibility index (Phi) is 5.44. The molecule has 2 aromatic heterocycles. The minimum Gasteiger partial charge on any atom is -0.468 e. The van der Waals surface area contributed by atoms with Crippen molar-refractivity contribution >= 4 is 34.8 Å². The van der Waals surface area contributed by atoms with E-state index in [-0.39, 0.29) is 17.8 Å².